The van der Waals surface area contributed by atoms with E-state index in [4.69, 9.17) is 0 Å². The monoisotopic (exact) mass is 565 g/mol. The summed E-state index contributed by atoms with van der Waals surface area (Å²) in [4.78, 5) is 17.5. The summed E-state index contributed by atoms with van der Waals surface area (Å²) < 4.78 is 42.8. The molecule has 4 aromatic rings. The fraction of sp³-hybridized carbons (Fsp3) is 0.355. The van der Waals surface area contributed by atoms with Crippen LogP contribution in [-0.2, 0) is 13.0 Å². The van der Waals surface area contributed by atoms with Gasteiger partial charge in [0.2, 0.25) is 0 Å². The minimum absolute atomic E-state index is 0.126. The average Bonchev–Trinajstić information content (AvgIpc) is 3.31. The lowest BCUT2D eigenvalue weighted by Crippen LogP contribution is -2.72. The number of fused-ring (bicyclic) bond motifs is 1. The predicted octanol–water partition coefficient (Wildman–Crippen LogP) is 6.08. The zero-order chi connectivity index (χ0) is 29.2. The molecule has 1 amide bonds. The molecule has 216 valence electrons. The van der Waals surface area contributed by atoms with Gasteiger partial charge in [-0.1, -0.05) is 39.0 Å². The summed E-state index contributed by atoms with van der Waals surface area (Å²) >= 11 is 0. The van der Waals surface area contributed by atoms with Gasteiger partial charge in [0, 0.05) is 55.7 Å². The number of pyridine rings is 1. The highest BCUT2D eigenvalue weighted by molar-refractivity contribution is 6.02. The van der Waals surface area contributed by atoms with E-state index < -0.39 is 6.36 Å². The van der Waals surface area contributed by atoms with Crippen LogP contribution in [0.4, 0.5) is 24.5 Å². The molecule has 2 fully saturated rings. The normalized spacial score (nSPS) is 15.6. The number of hydrogen-bond donors (Lipinski definition) is 1. The highest BCUT2D eigenvalue weighted by atomic mass is 19.4. The standard InChI is InChI=1S/C29H28F3N5O2.C2H6/c1-2-24-26(25-5-3-4-14-37(25)34-24)27(38)33-15-20-6-8-21(9-7-20)35-16-28(17-35)18-36(19-28)22-10-12-23(13-11-22)39-29(30,31)32;1-2/h3-14H,2,15-19H2,1H3,(H,33,38);1-2H3. The van der Waals surface area contributed by atoms with Crippen molar-refractivity contribution in [2.45, 2.75) is 40.1 Å². The first kappa shape index (κ1) is 28.3. The maximum atomic E-state index is 13.0. The fourth-order valence-corrected chi connectivity index (χ4v) is 5.59. The molecule has 4 heterocycles. The lowest BCUT2D eigenvalue weighted by Gasteiger charge is -2.61. The van der Waals surface area contributed by atoms with Crippen LogP contribution >= 0.6 is 0 Å². The molecule has 2 aliphatic heterocycles. The van der Waals surface area contributed by atoms with Crippen LogP contribution in [0.25, 0.3) is 5.52 Å². The van der Waals surface area contributed by atoms with Gasteiger partial charge in [0.1, 0.15) is 5.75 Å². The van der Waals surface area contributed by atoms with Gasteiger partial charge >= 0.3 is 6.36 Å². The minimum atomic E-state index is -4.68. The van der Waals surface area contributed by atoms with E-state index in [0.717, 1.165) is 54.3 Å². The Kier molecular flexibility index (Phi) is 7.84. The topological polar surface area (TPSA) is 62.1 Å². The van der Waals surface area contributed by atoms with Crippen molar-refractivity contribution in [3.8, 4) is 5.75 Å². The summed E-state index contributed by atoms with van der Waals surface area (Å²) in [5, 5.41) is 7.56. The molecular weight excluding hydrogens is 531 g/mol. The molecule has 2 aliphatic rings. The average molecular weight is 566 g/mol. The Bertz CT molecular complexity index is 1490. The number of aryl methyl sites for hydroxylation is 1. The van der Waals surface area contributed by atoms with Crippen molar-refractivity contribution >= 4 is 22.8 Å². The fourth-order valence-electron chi connectivity index (χ4n) is 5.59. The molecule has 0 atom stereocenters. The number of nitrogens with zero attached hydrogens (tertiary/aromatic N) is 4. The number of anilines is 2. The third-order valence-electron chi connectivity index (χ3n) is 7.47. The molecule has 0 unspecified atom stereocenters. The Balaban J connectivity index is 0.00000165. The first-order valence-electron chi connectivity index (χ1n) is 13.9. The van der Waals surface area contributed by atoms with E-state index in [1.54, 1.807) is 16.6 Å². The van der Waals surface area contributed by atoms with Crippen molar-refractivity contribution < 1.29 is 22.7 Å². The highest BCUT2D eigenvalue weighted by Gasteiger charge is 2.51. The third-order valence-corrected chi connectivity index (χ3v) is 7.47. The van der Waals surface area contributed by atoms with Crippen LogP contribution in [0.1, 0.15) is 42.4 Å². The quantitative estimate of drug-likeness (QED) is 0.294. The second-order valence-corrected chi connectivity index (χ2v) is 10.3. The molecule has 6 rings (SSSR count). The van der Waals surface area contributed by atoms with E-state index in [1.165, 1.54) is 12.1 Å². The smallest absolute Gasteiger partial charge is 0.406 e. The number of hydrogen-bond acceptors (Lipinski definition) is 5. The molecule has 0 saturated carbocycles. The molecule has 41 heavy (non-hydrogen) atoms. The summed E-state index contributed by atoms with van der Waals surface area (Å²) in [6.07, 6.45) is -2.16. The van der Waals surface area contributed by atoms with Crippen LogP contribution in [0.15, 0.2) is 72.9 Å². The van der Waals surface area contributed by atoms with E-state index in [9.17, 15) is 18.0 Å². The predicted molar refractivity (Wildman–Crippen MR) is 154 cm³/mol. The van der Waals surface area contributed by atoms with Gasteiger partial charge in [-0.05, 0) is 60.5 Å². The van der Waals surface area contributed by atoms with Crippen LogP contribution in [-0.4, -0.2) is 48.1 Å². The second kappa shape index (κ2) is 11.3. The van der Waals surface area contributed by atoms with E-state index in [1.807, 2.05) is 57.3 Å². The number of aromatic nitrogens is 2. The number of benzene rings is 2. The largest absolute Gasteiger partial charge is 0.573 e. The summed E-state index contributed by atoms with van der Waals surface area (Å²) in [7, 11) is 0. The van der Waals surface area contributed by atoms with E-state index in [-0.39, 0.29) is 17.1 Å². The summed E-state index contributed by atoms with van der Waals surface area (Å²) in [6.45, 7) is 10.0. The Morgan fingerprint density at radius 3 is 2.07 bits per heavy atom. The number of alkyl halides is 3. The lowest BCUT2D eigenvalue weighted by molar-refractivity contribution is -0.274. The van der Waals surface area contributed by atoms with Gasteiger partial charge in [0.25, 0.3) is 5.91 Å². The van der Waals surface area contributed by atoms with E-state index >= 15 is 0 Å². The van der Waals surface area contributed by atoms with E-state index in [2.05, 4.69) is 37.1 Å². The molecule has 0 bridgehead atoms. The van der Waals surface area contributed by atoms with Crippen molar-refractivity contribution in [2.24, 2.45) is 5.41 Å². The molecule has 2 aromatic heterocycles. The number of halogens is 3. The van der Waals surface area contributed by atoms with Crippen molar-refractivity contribution in [2.75, 3.05) is 36.0 Å². The first-order chi connectivity index (χ1) is 19.7. The van der Waals surface area contributed by atoms with Crippen LogP contribution < -0.4 is 19.9 Å². The van der Waals surface area contributed by atoms with Gasteiger partial charge in [0.05, 0.1) is 16.8 Å². The summed E-state index contributed by atoms with van der Waals surface area (Å²) in [5.41, 5.74) is 5.47. The summed E-state index contributed by atoms with van der Waals surface area (Å²) in [6, 6.07) is 20.0. The molecule has 10 heteroatoms. The van der Waals surface area contributed by atoms with Gasteiger partial charge in [0.15, 0.2) is 0 Å². The minimum Gasteiger partial charge on any atom is -0.406 e. The molecule has 2 saturated heterocycles. The Hall–Kier alpha value is -4.21. The van der Waals surface area contributed by atoms with Crippen molar-refractivity contribution in [3.63, 3.8) is 0 Å². The van der Waals surface area contributed by atoms with Crippen molar-refractivity contribution in [3.05, 3.63) is 89.7 Å². The van der Waals surface area contributed by atoms with Gasteiger partial charge in [-0.15, -0.1) is 13.2 Å². The molecule has 1 spiro atoms. The number of ether oxygens (including phenoxy) is 1. The van der Waals surface area contributed by atoms with E-state index in [0.29, 0.717) is 18.5 Å². The van der Waals surface area contributed by atoms with Gasteiger partial charge in [-0.3, -0.25) is 4.79 Å². The van der Waals surface area contributed by atoms with Crippen LogP contribution in [0.2, 0.25) is 0 Å². The zero-order valence-electron chi connectivity index (χ0n) is 23.4. The maximum Gasteiger partial charge on any atom is 0.573 e. The maximum absolute atomic E-state index is 13.0. The second-order valence-electron chi connectivity index (χ2n) is 10.3. The molecular formula is C31H34F3N5O2. The Morgan fingerprint density at radius 2 is 1.51 bits per heavy atom. The molecule has 2 aromatic carbocycles. The highest BCUT2D eigenvalue weighted by Crippen LogP contribution is 2.44. The number of carbonyl (C=O) groups is 1. The molecule has 0 aliphatic carbocycles. The number of nitrogens with one attached hydrogen (secondary N) is 1. The van der Waals surface area contributed by atoms with Crippen molar-refractivity contribution in [1.29, 1.82) is 0 Å². The number of rotatable bonds is 7. The Morgan fingerprint density at radius 1 is 0.927 bits per heavy atom. The lowest BCUT2D eigenvalue weighted by atomic mass is 9.72. The van der Waals surface area contributed by atoms with Crippen LogP contribution in [0, 0.1) is 5.41 Å². The van der Waals surface area contributed by atoms with Gasteiger partial charge in [-0.25, -0.2) is 4.52 Å². The molecule has 0 radical (unpaired) electrons. The van der Waals surface area contributed by atoms with Gasteiger partial charge < -0.3 is 19.9 Å². The zero-order valence-corrected chi connectivity index (χ0v) is 23.4. The first-order valence-corrected chi connectivity index (χ1v) is 13.9. The van der Waals surface area contributed by atoms with Crippen LogP contribution in [0.5, 0.6) is 5.75 Å². The Labute approximate surface area is 237 Å². The summed E-state index contributed by atoms with van der Waals surface area (Å²) in [5.74, 6) is -0.334. The SMILES string of the molecule is CC.CCc1nn2ccccc2c1C(=O)NCc1ccc(N2CC3(C2)CN(c2ccc(OC(F)(F)F)cc2)C3)cc1. The molecule has 7 nitrogen and oxygen atoms in total. The third kappa shape index (κ3) is 5.96. The van der Waals surface area contributed by atoms with Crippen LogP contribution in [0.3, 0.4) is 0 Å². The van der Waals surface area contributed by atoms with Crippen molar-refractivity contribution in [1.82, 2.24) is 14.9 Å². The number of amides is 1. The number of carbonyl (C=O) groups excluding carboxylic acids is 1. The molecule has 1 N–H and O–H groups in total. The van der Waals surface area contributed by atoms with Gasteiger partial charge in [-0.2, -0.15) is 5.10 Å².